The van der Waals surface area contributed by atoms with Gasteiger partial charge in [-0.15, -0.1) is 0 Å². The quantitative estimate of drug-likeness (QED) is 0.919. The van der Waals surface area contributed by atoms with Gasteiger partial charge in [0.2, 0.25) is 0 Å². The molecular weight excluding hydrogens is 270 g/mol. The molecule has 0 atom stereocenters. The second-order valence-electron chi connectivity index (χ2n) is 4.00. The Morgan fingerprint density at radius 3 is 2.76 bits per heavy atom. The fraction of sp³-hybridized carbons (Fsp3) is 0.0667. The van der Waals surface area contributed by atoms with Crippen molar-refractivity contribution in [3.8, 4) is 29.1 Å². The monoisotopic (exact) mass is 279 g/mol. The van der Waals surface area contributed by atoms with E-state index in [4.69, 9.17) is 20.4 Å². The molecule has 1 heterocycles. The average Bonchev–Trinajstić information content (AvgIpc) is 2.52. The van der Waals surface area contributed by atoms with E-state index >= 15 is 0 Å². The predicted octanol–water partition coefficient (Wildman–Crippen LogP) is 2.22. The lowest BCUT2D eigenvalue weighted by Gasteiger charge is -2.07. The Hall–Kier alpha value is -3.38. The molecule has 0 amide bonds. The zero-order valence-electron chi connectivity index (χ0n) is 10.8. The molecule has 2 rings (SSSR count). The Labute approximate surface area is 120 Å². The van der Waals surface area contributed by atoms with Crippen LogP contribution in [0.5, 0.6) is 5.75 Å². The van der Waals surface area contributed by atoms with Crippen LogP contribution in [0, 0.1) is 22.7 Å². The smallest absolute Gasteiger partial charge is 0.335 e. The Balaban J connectivity index is 2.42. The van der Waals surface area contributed by atoms with Gasteiger partial charge in [-0.25, -0.2) is 4.79 Å². The van der Waals surface area contributed by atoms with Crippen molar-refractivity contribution in [3.63, 3.8) is 0 Å². The molecule has 0 aliphatic heterocycles. The van der Waals surface area contributed by atoms with Crippen LogP contribution in [-0.2, 0) is 0 Å². The van der Waals surface area contributed by atoms with Gasteiger partial charge in [-0.05, 0) is 30.3 Å². The number of nitrogens with zero attached hydrogens (tertiary/aromatic N) is 3. The Morgan fingerprint density at radius 2 is 2.10 bits per heavy atom. The minimum absolute atomic E-state index is 0.114. The highest BCUT2D eigenvalue weighted by molar-refractivity contribution is 5.88. The van der Waals surface area contributed by atoms with Gasteiger partial charge in [0.05, 0.1) is 16.8 Å². The summed E-state index contributed by atoms with van der Waals surface area (Å²) in [5.41, 5.74) is 1.41. The van der Waals surface area contributed by atoms with Gasteiger partial charge in [-0.2, -0.15) is 10.5 Å². The summed E-state index contributed by atoms with van der Waals surface area (Å²) in [4.78, 5) is 15.0. The predicted molar refractivity (Wildman–Crippen MR) is 72.5 cm³/mol. The van der Waals surface area contributed by atoms with Gasteiger partial charge in [-0.1, -0.05) is 0 Å². The number of carboxylic acid groups (broad SMARTS) is 1. The number of rotatable bonds is 4. The lowest BCUT2D eigenvalue weighted by Crippen LogP contribution is -1.98. The summed E-state index contributed by atoms with van der Waals surface area (Å²) in [5.74, 6) is -0.745. The van der Waals surface area contributed by atoms with Crippen molar-refractivity contribution in [2.45, 2.75) is 0 Å². The highest BCUT2D eigenvalue weighted by Crippen LogP contribution is 2.25. The number of benzene rings is 1. The van der Waals surface area contributed by atoms with E-state index < -0.39 is 5.97 Å². The summed E-state index contributed by atoms with van der Waals surface area (Å²) in [6.45, 7) is -0.152. The van der Waals surface area contributed by atoms with Gasteiger partial charge in [0, 0.05) is 11.8 Å². The number of nitriles is 2. The molecule has 1 aromatic carbocycles. The van der Waals surface area contributed by atoms with E-state index in [0.717, 1.165) is 0 Å². The molecule has 21 heavy (non-hydrogen) atoms. The van der Waals surface area contributed by atoms with Gasteiger partial charge >= 0.3 is 5.97 Å². The second-order valence-corrected chi connectivity index (χ2v) is 4.00. The maximum absolute atomic E-state index is 10.9. The van der Waals surface area contributed by atoms with Crippen LogP contribution in [0.3, 0.4) is 0 Å². The van der Waals surface area contributed by atoms with E-state index in [2.05, 4.69) is 4.98 Å². The first-order chi connectivity index (χ1) is 10.2. The van der Waals surface area contributed by atoms with Gasteiger partial charge in [0.15, 0.2) is 6.61 Å². The molecule has 102 valence electrons. The van der Waals surface area contributed by atoms with Crippen molar-refractivity contribution < 1.29 is 14.6 Å². The van der Waals surface area contributed by atoms with Crippen LogP contribution in [0.15, 0.2) is 36.5 Å². The van der Waals surface area contributed by atoms with Crippen LogP contribution in [-0.4, -0.2) is 22.7 Å². The maximum Gasteiger partial charge on any atom is 0.335 e. The summed E-state index contributed by atoms with van der Waals surface area (Å²) in [5, 5.41) is 26.6. The summed E-state index contributed by atoms with van der Waals surface area (Å²) >= 11 is 0. The number of aromatic carboxylic acids is 1. The molecule has 1 aromatic heterocycles. The molecule has 0 bridgehead atoms. The molecule has 0 aliphatic carbocycles. The summed E-state index contributed by atoms with van der Waals surface area (Å²) in [7, 11) is 0. The lowest BCUT2D eigenvalue weighted by atomic mass is 10.1. The third kappa shape index (κ3) is 3.14. The molecule has 2 aromatic rings. The molecule has 0 saturated heterocycles. The van der Waals surface area contributed by atoms with E-state index in [1.807, 2.05) is 12.1 Å². The first-order valence-electron chi connectivity index (χ1n) is 5.89. The minimum Gasteiger partial charge on any atom is -0.478 e. The standard InChI is InChI=1S/C15H9N3O3/c16-4-6-21-14-2-1-10(7-12(14)9-17)13-8-11(15(19)20)3-5-18-13/h1-3,5,7-8H,6H2,(H,19,20). The van der Waals surface area contributed by atoms with Crippen LogP contribution in [0.25, 0.3) is 11.3 Å². The van der Waals surface area contributed by atoms with Crippen molar-refractivity contribution in [2.75, 3.05) is 6.61 Å². The summed E-state index contributed by atoms with van der Waals surface area (Å²) in [6, 6.07) is 11.4. The van der Waals surface area contributed by atoms with E-state index in [1.165, 1.54) is 18.3 Å². The fourth-order valence-corrected chi connectivity index (χ4v) is 1.73. The van der Waals surface area contributed by atoms with E-state index in [1.54, 1.807) is 18.2 Å². The van der Waals surface area contributed by atoms with Gasteiger partial charge in [0.25, 0.3) is 0 Å². The zero-order chi connectivity index (χ0) is 15.2. The van der Waals surface area contributed by atoms with Crippen molar-refractivity contribution >= 4 is 5.97 Å². The molecule has 0 unspecified atom stereocenters. The SMILES string of the molecule is N#CCOc1ccc(-c2cc(C(=O)O)ccn2)cc1C#N. The molecule has 0 radical (unpaired) electrons. The van der Waals surface area contributed by atoms with Gasteiger partial charge in [-0.3, -0.25) is 4.98 Å². The molecule has 1 N–H and O–H groups in total. The number of carboxylic acids is 1. The van der Waals surface area contributed by atoms with Crippen LogP contribution in [0.2, 0.25) is 0 Å². The first-order valence-corrected chi connectivity index (χ1v) is 5.89. The largest absolute Gasteiger partial charge is 0.478 e. The first kappa shape index (κ1) is 14.0. The highest BCUT2D eigenvalue weighted by atomic mass is 16.5. The maximum atomic E-state index is 10.9. The van der Waals surface area contributed by atoms with Crippen LogP contribution in [0.4, 0.5) is 0 Å². The van der Waals surface area contributed by atoms with Crippen LogP contribution < -0.4 is 4.74 Å². The Kier molecular flexibility index (Phi) is 4.13. The van der Waals surface area contributed by atoms with Crippen LogP contribution >= 0.6 is 0 Å². The molecule has 6 heteroatoms. The highest BCUT2D eigenvalue weighted by Gasteiger charge is 2.09. The molecule has 0 saturated carbocycles. The average molecular weight is 279 g/mol. The van der Waals surface area contributed by atoms with Crippen molar-refractivity contribution in [3.05, 3.63) is 47.7 Å². The Bertz CT molecular complexity index is 772. The molecular formula is C15H9N3O3. The molecule has 0 spiro atoms. The summed E-state index contributed by atoms with van der Waals surface area (Å²) < 4.78 is 5.13. The second kappa shape index (κ2) is 6.18. The van der Waals surface area contributed by atoms with Crippen molar-refractivity contribution in [2.24, 2.45) is 0 Å². The number of hydrogen-bond donors (Lipinski definition) is 1. The normalized spacial score (nSPS) is 9.43. The zero-order valence-corrected chi connectivity index (χ0v) is 10.8. The minimum atomic E-state index is -1.05. The molecule has 6 nitrogen and oxygen atoms in total. The van der Waals surface area contributed by atoms with Gasteiger partial charge in [0.1, 0.15) is 17.9 Å². The van der Waals surface area contributed by atoms with E-state index in [9.17, 15) is 4.79 Å². The summed E-state index contributed by atoms with van der Waals surface area (Å²) in [6.07, 6.45) is 1.39. The number of carbonyl (C=O) groups is 1. The molecule has 0 aliphatic rings. The van der Waals surface area contributed by atoms with E-state index in [-0.39, 0.29) is 17.7 Å². The van der Waals surface area contributed by atoms with Crippen molar-refractivity contribution in [1.29, 1.82) is 10.5 Å². The van der Waals surface area contributed by atoms with Gasteiger partial charge < -0.3 is 9.84 Å². The fourth-order valence-electron chi connectivity index (χ4n) is 1.73. The third-order valence-electron chi connectivity index (χ3n) is 2.69. The van der Waals surface area contributed by atoms with E-state index in [0.29, 0.717) is 17.0 Å². The number of hydrogen-bond acceptors (Lipinski definition) is 5. The number of aromatic nitrogens is 1. The van der Waals surface area contributed by atoms with Crippen LogP contribution in [0.1, 0.15) is 15.9 Å². The van der Waals surface area contributed by atoms with Crippen molar-refractivity contribution in [1.82, 2.24) is 4.98 Å². The molecule has 0 fully saturated rings. The lowest BCUT2D eigenvalue weighted by molar-refractivity contribution is 0.0697. The third-order valence-corrected chi connectivity index (χ3v) is 2.69. The Morgan fingerprint density at radius 1 is 1.29 bits per heavy atom. The number of ether oxygens (including phenoxy) is 1. The number of pyridine rings is 1. The topological polar surface area (TPSA) is 107 Å².